The van der Waals surface area contributed by atoms with Crippen LogP contribution in [0.4, 0.5) is 17.8 Å². The molecule has 3 N–H and O–H groups in total. The van der Waals surface area contributed by atoms with E-state index in [2.05, 4.69) is 30.5 Å². The van der Waals surface area contributed by atoms with Gasteiger partial charge in [-0.2, -0.15) is 15.0 Å². The van der Waals surface area contributed by atoms with Crippen molar-refractivity contribution in [3.05, 3.63) is 0 Å². The van der Waals surface area contributed by atoms with Crippen LogP contribution in [0.5, 0.6) is 0 Å². The minimum absolute atomic E-state index is 0.114. The Balaban J connectivity index is 2.13. The van der Waals surface area contributed by atoms with Gasteiger partial charge >= 0.3 is 0 Å². The Hall–Kier alpha value is -1.63. The first-order valence-corrected chi connectivity index (χ1v) is 7.07. The van der Waals surface area contributed by atoms with Crippen molar-refractivity contribution in [1.29, 1.82) is 0 Å². The largest absolute Gasteiger partial charge is 0.396 e. The molecular weight excluding hydrogens is 256 g/mol. The maximum absolute atomic E-state index is 9.29. The van der Waals surface area contributed by atoms with Crippen LogP contribution >= 0.6 is 0 Å². The number of nitrogens with zero attached hydrogens (tertiary/aromatic N) is 4. The molecule has 1 saturated heterocycles. The monoisotopic (exact) mass is 280 g/mol. The van der Waals surface area contributed by atoms with Gasteiger partial charge in [0.05, 0.1) is 0 Å². The van der Waals surface area contributed by atoms with E-state index in [-0.39, 0.29) is 12.0 Å². The van der Waals surface area contributed by atoms with Crippen LogP contribution in [0.15, 0.2) is 0 Å². The summed E-state index contributed by atoms with van der Waals surface area (Å²) in [5.41, 5.74) is -0.208. The Morgan fingerprint density at radius 3 is 2.40 bits per heavy atom. The van der Waals surface area contributed by atoms with Gasteiger partial charge in [0.2, 0.25) is 17.8 Å². The predicted molar refractivity (Wildman–Crippen MR) is 80.2 cm³/mol. The molecule has 2 rings (SSSR count). The second kappa shape index (κ2) is 6.21. The molecule has 0 amide bonds. The molecule has 20 heavy (non-hydrogen) atoms. The molecule has 2 heterocycles. The van der Waals surface area contributed by atoms with Gasteiger partial charge in [-0.3, -0.25) is 0 Å². The van der Waals surface area contributed by atoms with E-state index in [1.54, 1.807) is 7.05 Å². The van der Waals surface area contributed by atoms with E-state index < -0.39 is 0 Å². The van der Waals surface area contributed by atoms with E-state index in [0.717, 1.165) is 13.1 Å². The summed E-state index contributed by atoms with van der Waals surface area (Å²) < 4.78 is 0. The normalized spacial score (nSPS) is 15.5. The smallest absolute Gasteiger partial charge is 0.231 e. The van der Waals surface area contributed by atoms with Crippen LogP contribution in [0.3, 0.4) is 0 Å². The lowest BCUT2D eigenvalue weighted by molar-refractivity contribution is 0.170. The Bertz CT molecular complexity index is 444. The number of hydrogen-bond acceptors (Lipinski definition) is 7. The molecule has 1 aliphatic heterocycles. The predicted octanol–water partition coefficient (Wildman–Crippen LogP) is 0.944. The number of rotatable bonds is 6. The number of aliphatic hydroxyl groups is 1. The Labute approximate surface area is 119 Å². The van der Waals surface area contributed by atoms with Crippen molar-refractivity contribution in [3.8, 4) is 0 Å². The molecule has 7 nitrogen and oxygen atoms in total. The summed E-state index contributed by atoms with van der Waals surface area (Å²) in [7, 11) is 1.80. The van der Waals surface area contributed by atoms with Crippen molar-refractivity contribution in [2.45, 2.75) is 26.7 Å². The van der Waals surface area contributed by atoms with E-state index in [9.17, 15) is 5.11 Å². The van der Waals surface area contributed by atoms with Gasteiger partial charge in [-0.1, -0.05) is 13.8 Å². The molecule has 112 valence electrons. The van der Waals surface area contributed by atoms with Gasteiger partial charge in [0, 0.05) is 38.7 Å². The Morgan fingerprint density at radius 1 is 1.15 bits per heavy atom. The molecule has 7 heteroatoms. The molecule has 0 saturated carbocycles. The minimum Gasteiger partial charge on any atom is -0.396 e. The van der Waals surface area contributed by atoms with Crippen molar-refractivity contribution in [2.75, 3.05) is 48.8 Å². The van der Waals surface area contributed by atoms with Gasteiger partial charge in [0.25, 0.3) is 0 Å². The molecule has 0 aromatic carbocycles. The quantitative estimate of drug-likeness (QED) is 0.715. The van der Waals surface area contributed by atoms with Crippen molar-refractivity contribution in [1.82, 2.24) is 15.0 Å². The Kier molecular flexibility index (Phi) is 4.59. The van der Waals surface area contributed by atoms with Crippen molar-refractivity contribution >= 4 is 17.8 Å². The zero-order valence-electron chi connectivity index (χ0n) is 12.5. The van der Waals surface area contributed by atoms with Crippen LogP contribution in [0.2, 0.25) is 0 Å². The molecule has 0 unspecified atom stereocenters. The number of hydrogen-bond donors (Lipinski definition) is 3. The van der Waals surface area contributed by atoms with Gasteiger partial charge in [-0.05, 0) is 12.8 Å². The van der Waals surface area contributed by atoms with Crippen LogP contribution < -0.4 is 15.5 Å². The number of anilines is 3. The highest BCUT2D eigenvalue weighted by atomic mass is 16.3. The van der Waals surface area contributed by atoms with Crippen molar-refractivity contribution in [2.24, 2.45) is 5.41 Å². The van der Waals surface area contributed by atoms with Gasteiger partial charge in [0.1, 0.15) is 0 Å². The average molecular weight is 280 g/mol. The van der Waals surface area contributed by atoms with Crippen LogP contribution in [0.25, 0.3) is 0 Å². The summed E-state index contributed by atoms with van der Waals surface area (Å²) in [6.07, 6.45) is 2.36. The zero-order valence-corrected chi connectivity index (χ0v) is 12.5. The van der Waals surface area contributed by atoms with E-state index >= 15 is 0 Å². The number of aliphatic hydroxyl groups excluding tert-OH is 1. The highest BCUT2D eigenvalue weighted by molar-refractivity contribution is 5.44. The third-order valence-corrected chi connectivity index (χ3v) is 3.39. The van der Waals surface area contributed by atoms with Crippen molar-refractivity contribution in [3.63, 3.8) is 0 Å². The third kappa shape index (κ3) is 3.69. The van der Waals surface area contributed by atoms with Crippen LogP contribution in [0.1, 0.15) is 26.7 Å². The molecule has 0 atom stereocenters. The molecule has 1 fully saturated rings. The van der Waals surface area contributed by atoms with Crippen LogP contribution in [0, 0.1) is 5.41 Å². The van der Waals surface area contributed by atoms with Gasteiger partial charge in [0.15, 0.2) is 0 Å². The first-order chi connectivity index (χ1) is 9.54. The molecule has 0 aliphatic carbocycles. The minimum atomic E-state index is -0.208. The van der Waals surface area contributed by atoms with Crippen LogP contribution in [-0.4, -0.2) is 53.3 Å². The zero-order chi connectivity index (χ0) is 14.6. The fourth-order valence-corrected chi connectivity index (χ4v) is 1.99. The average Bonchev–Trinajstić information content (AvgIpc) is 2.99. The lowest BCUT2D eigenvalue weighted by atomic mass is 9.95. The SMILES string of the molecule is CNc1nc(NCC(C)(C)CO)nc(N2CCCC2)n1. The summed E-state index contributed by atoms with van der Waals surface area (Å²) in [5, 5.41) is 15.4. The topological polar surface area (TPSA) is 86.2 Å². The molecule has 0 spiro atoms. The summed E-state index contributed by atoms with van der Waals surface area (Å²) in [6, 6.07) is 0. The van der Waals surface area contributed by atoms with Gasteiger partial charge in [-0.25, -0.2) is 0 Å². The molecule has 0 radical (unpaired) electrons. The summed E-state index contributed by atoms with van der Waals surface area (Å²) in [6.45, 7) is 6.69. The lowest BCUT2D eigenvalue weighted by Gasteiger charge is -2.22. The van der Waals surface area contributed by atoms with Crippen LogP contribution in [-0.2, 0) is 0 Å². The van der Waals surface area contributed by atoms with Gasteiger partial charge < -0.3 is 20.6 Å². The fraction of sp³-hybridized carbons (Fsp3) is 0.769. The van der Waals surface area contributed by atoms with Crippen molar-refractivity contribution < 1.29 is 5.11 Å². The molecule has 1 aromatic rings. The second-order valence-corrected chi connectivity index (χ2v) is 5.90. The maximum atomic E-state index is 9.29. The van der Waals surface area contributed by atoms with Gasteiger partial charge in [-0.15, -0.1) is 0 Å². The highest BCUT2D eigenvalue weighted by Crippen LogP contribution is 2.19. The van der Waals surface area contributed by atoms with E-state index in [0.29, 0.717) is 24.4 Å². The highest BCUT2D eigenvalue weighted by Gasteiger charge is 2.19. The number of nitrogens with one attached hydrogen (secondary N) is 2. The van der Waals surface area contributed by atoms with E-state index in [1.165, 1.54) is 12.8 Å². The molecular formula is C13H24N6O. The molecule has 1 aliphatic rings. The molecule has 1 aromatic heterocycles. The first kappa shape index (κ1) is 14.8. The van der Waals surface area contributed by atoms with E-state index in [4.69, 9.17) is 0 Å². The molecule has 0 bridgehead atoms. The summed E-state index contributed by atoms with van der Waals surface area (Å²) in [5.74, 6) is 1.82. The number of aromatic nitrogens is 3. The second-order valence-electron chi connectivity index (χ2n) is 5.90. The fourth-order valence-electron chi connectivity index (χ4n) is 1.99. The van der Waals surface area contributed by atoms with E-state index in [1.807, 2.05) is 13.8 Å². The summed E-state index contributed by atoms with van der Waals surface area (Å²) in [4.78, 5) is 15.4. The maximum Gasteiger partial charge on any atom is 0.231 e. The summed E-state index contributed by atoms with van der Waals surface area (Å²) >= 11 is 0. The standard InChI is InChI=1S/C13H24N6O/c1-13(2,9-20)8-15-11-16-10(14-3)17-12(18-11)19-6-4-5-7-19/h20H,4-9H2,1-3H3,(H2,14,15,16,17,18). The first-order valence-electron chi connectivity index (χ1n) is 7.07. The Morgan fingerprint density at radius 2 is 1.80 bits per heavy atom. The lowest BCUT2D eigenvalue weighted by Crippen LogP contribution is -2.28. The third-order valence-electron chi connectivity index (χ3n) is 3.39.